The highest BCUT2D eigenvalue weighted by molar-refractivity contribution is 5.44. The minimum atomic E-state index is -4.31. The van der Waals surface area contributed by atoms with Crippen molar-refractivity contribution in [3.63, 3.8) is 0 Å². The van der Waals surface area contributed by atoms with Gasteiger partial charge in [0.25, 0.3) is 0 Å². The van der Waals surface area contributed by atoms with Crippen LogP contribution in [0.4, 0.5) is 19.0 Å². The number of anilines is 1. The number of hydrogen-bond donors (Lipinski definition) is 0. The van der Waals surface area contributed by atoms with Gasteiger partial charge in [-0.3, -0.25) is 0 Å². The number of hydrogen-bond acceptors (Lipinski definition) is 3. The van der Waals surface area contributed by atoms with E-state index in [4.69, 9.17) is 0 Å². The summed E-state index contributed by atoms with van der Waals surface area (Å²) in [7, 11) is 4.09. The number of alkyl halides is 3. The van der Waals surface area contributed by atoms with E-state index in [2.05, 4.69) is 9.88 Å². The maximum Gasteiger partial charge on any atom is 0.416 e. The molecule has 0 bridgehead atoms. The maximum atomic E-state index is 12.8. The van der Waals surface area contributed by atoms with Crippen LogP contribution in [0.3, 0.4) is 0 Å². The second-order valence-electron chi connectivity index (χ2n) is 6.34. The second-order valence-corrected chi connectivity index (χ2v) is 6.34. The fraction of sp³-hybridized carbons (Fsp3) is 0.667. The van der Waals surface area contributed by atoms with Crippen molar-refractivity contribution < 1.29 is 13.2 Å². The number of aromatic nitrogens is 1. The van der Waals surface area contributed by atoms with Crippen LogP contribution in [0.15, 0.2) is 18.3 Å². The Hall–Kier alpha value is -1.30. The van der Waals surface area contributed by atoms with Crippen molar-refractivity contribution in [1.29, 1.82) is 0 Å². The maximum absolute atomic E-state index is 12.8. The highest BCUT2D eigenvalue weighted by Gasteiger charge is 2.44. The lowest BCUT2D eigenvalue weighted by atomic mass is 9.97. The number of rotatable bonds is 3. The molecule has 1 aliphatic carbocycles. The molecule has 116 valence electrons. The molecule has 6 heteroatoms. The molecule has 21 heavy (non-hydrogen) atoms. The Labute approximate surface area is 122 Å². The van der Waals surface area contributed by atoms with E-state index in [-0.39, 0.29) is 0 Å². The Morgan fingerprint density at radius 2 is 1.95 bits per heavy atom. The third-order valence-electron chi connectivity index (χ3n) is 4.62. The van der Waals surface area contributed by atoms with E-state index in [0.717, 1.165) is 25.1 Å². The van der Waals surface area contributed by atoms with Gasteiger partial charge in [-0.25, -0.2) is 4.98 Å². The average Bonchev–Trinajstić information content (AvgIpc) is 3.16. The van der Waals surface area contributed by atoms with Crippen LogP contribution < -0.4 is 4.90 Å². The average molecular weight is 299 g/mol. The minimum absolute atomic E-state index is 0.397. The van der Waals surface area contributed by atoms with Gasteiger partial charge in [-0.05, 0) is 50.9 Å². The highest BCUT2D eigenvalue weighted by Crippen LogP contribution is 2.43. The van der Waals surface area contributed by atoms with Crippen LogP contribution in [-0.2, 0) is 6.18 Å². The van der Waals surface area contributed by atoms with Crippen molar-refractivity contribution in [2.45, 2.75) is 25.1 Å². The third kappa shape index (κ3) is 3.00. The van der Waals surface area contributed by atoms with Crippen molar-refractivity contribution in [1.82, 2.24) is 9.88 Å². The van der Waals surface area contributed by atoms with E-state index >= 15 is 0 Å². The fourth-order valence-electron chi connectivity index (χ4n) is 3.30. The van der Waals surface area contributed by atoms with Gasteiger partial charge in [-0.15, -0.1) is 0 Å². The first-order valence-electron chi connectivity index (χ1n) is 7.31. The largest absolute Gasteiger partial charge is 0.416 e. The lowest BCUT2D eigenvalue weighted by molar-refractivity contribution is -0.137. The number of halogens is 3. The smallest absolute Gasteiger partial charge is 0.355 e. The predicted molar refractivity (Wildman–Crippen MR) is 75.1 cm³/mol. The van der Waals surface area contributed by atoms with Crippen LogP contribution in [0.5, 0.6) is 0 Å². The lowest BCUT2D eigenvalue weighted by Crippen LogP contribution is -2.36. The fourth-order valence-corrected chi connectivity index (χ4v) is 3.30. The van der Waals surface area contributed by atoms with Gasteiger partial charge in [0, 0.05) is 25.3 Å². The van der Waals surface area contributed by atoms with E-state index in [0.29, 0.717) is 17.8 Å². The molecule has 1 aromatic heterocycles. The normalized spacial score (nSPS) is 26.7. The van der Waals surface area contributed by atoms with E-state index in [1.54, 1.807) is 0 Å². The first-order valence-corrected chi connectivity index (χ1v) is 7.31. The van der Waals surface area contributed by atoms with Gasteiger partial charge < -0.3 is 9.80 Å². The van der Waals surface area contributed by atoms with E-state index in [9.17, 15) is 13.2 Å². The molecule has 1 saturated carbocycles. The first-order chi connectivity index (χ1) is 9.86. The molecule has 1 aromatic rings. The molecule has 3 rings (SSSR count). The van der Waals surface area contributed by atoms with Crippen molar-refractivity contribution in [2.24, 2.45) is 11.8 Å². The van der Waals surface area contributed by atoms with Gasteiger partial charge in [0.05, 0.1) is 5.56 Å². The molecule has 1 saturated heterocycles. The number of likely N-dealkylation sites (N-methyl/N-ethyl adjacent to an activating group) is 1. The third-order valence-corrected chi connectivity index (χ3v) is 4.62. The van der Waals surface area contributed by atoms with Crippen LogP contribution in [0.1, 0.15) is 18.4 Å². The molecule has 0 N–H and O–H groups in total. The summed E-state index contributed by atoms with van der Waals surface area (Å²) in [5, 5.41) is 0. The molecular formula is C15H20F3N3. The second kappa shape index (κ2) is 5.16. The van der Waals surface area contributed by atoms with Crippen LogP contribution in [0, 0.1) is 11.8 Å². The first kappa shape index (κ1) is 14.6. The zero-order chi connectivity index (χ0) is 15.2. The topological polar surface area (TPSA) is 19.4 Å². The van der Waals surface area contributed by atoms with Crippen molar-refractivity contribution in [3.8, 4) is 0 Å². The molecule has 0 radical (unpaired) electrons. The Morgan fingerprint density at radius 1 is 1.24 bits per heavy atom. The van der Waals surface area contributed by atoms with Gasteiger partial charge >= 0.3 is 6.18 Å². The summed E-state index contributed by atoms with van der Waals surface area (Å²) in [5.41, 5.74) is -0.622. The number of pyridine rings is 1. The monoisotopic (exact) mass is 299 g/mol. The summed E-state index contributed by atoms with van der Waals surface area (Å²) in [6, 6.07) is 2.59. The van der Waals surface area contributed by atoms with Gasteiger partial charge in [0.1, 0.15) is 5.82 Å². The molecule has 2 heterocycles. The van der Waals surface area contributed by atoms with Crippen molar-refractivity contribution >= 4 is 5.82 Å². The summed E-state index contributed by atoms with van der Waals surface area (Å²) in [6.07, 6.45) is -0.556. The van der Waals surface area contributed by atoms with E-state index in [1.165, 1.54) is 25.1 Å². The van der Waals surface area contributed by atoms with E-state index in [1.807, 2.05) is 19.0 Å². The summed E-state index contributed by atoms with van der Waals surface area (Å²) in [5.74, 6) is 1.71. The quantitative estimate of drug-likeness (QED) is 0.855. The minimum Gasteiger partial charge on any atom is -0.355 e. The molecule has 0 amide bonds. The van der Waals surface area contributed by atoms with Crippen LogP contribution in [0.2, 0.25) is 0 Å². The Kier molecular flexibility index (Phi) is 3.59. The zero-order valence-corrected chi connectivity index (χ0v) is 12.3. The molecule has 2 aliphatic rings. The predicted octanol–water partition coefficient (Wildman–Crippen LogP) is 2.88. The summed E-state index contributed by atoms with van der Waals surface area (Å²) >= 11 is 0. The molecule has 0 unspecified atom stereocenters. The van der Waals surface area contributed by atoms with Gasteiger partial charge in [-0.2, -0.15) is 13.2 Å². The molecular weight excluding hydrogens is 279 g/mol. The summed E-state index contributed by atoms with van der Waals surface area (Å²) in [4.78, 5) is 8.34. The molecule has 1 aliphatic heterocycles. The highest BCUT2D eigenvalue weighted by atomic mass is 19.4. The summed E-state index contributed by atoms with van der Waals surface area (Å²) in [6.45, 7) is 1.56. The molecule has 3 nitrogen and oxygen atoms in total. The standard InChI is InChI=1S/C15H20F3N3/c1-20(2)13-9-21(8-12(13)10-3-4-10)14-7-11(5-6-19-14)15(16,17)18/h5-7,10,12-13H,3-4,8-9H2,1-2H3/t12-,13+/m0/s1. The number of nitrogens with zero attached hydrogens (tertiary/aromatic N) is 3. The SMILES string of the molecule is CN(C)[C@@H]1CN(c2cc(C(F)(F)F)ccn2)C[C@H]1C1CC1. The Morgan fingerprint density at radius 3 is 2.52 bits per heavy atom. The van der Waals surface area contributed by atoms with Gasteiger partial charge in [0.15, 0.2) is 0 Å². The summed E-state index contributed by atoms with van der Waals surface area (Å²) < 4.78 is 38.5. The van der Waals surface area contributed by atoms with Crippen molar-refractivity contribution in [3.05, 3.63) is 23.9 Å². The van der Waals surface area contributed by atoms with Gasteiger partial charge in [-0.1, -0.05) is 0 Å². The Balaban J connectivity index is 1.81. The van der Waals surface area contributed by atoms with Gasteiger partial charge in [0.2, 0.25) is 0 Å². The molecule has 2 fully saturated rings. The van der Waals surface area contributed by atoms with Crippen LogP contribution in [-0.4, -0.2) is 43.1 Å². The van der Waals surface area contributed by atoms with E-state index < -0.39 is 11.7 Å². The van der Waals surface area contributed by atoms with Crippen LogP contribution >= 0.6 is 0 Å². The Bertz CT molecular complexity index is 501. The van der Waals surface area contributed by atoms with Crippen LogP contribution in [0.25, 0.3) is 0 Å². The zero-order valence-electron chi connectivity index (χ0n) is 12.3. The molecule has 0 aromatic carbocycles. The molecule has 2 atom stereocenters. The molecule has 0 spiro atoms. The lowest BCUT2D eigenvalue weighted by Gasteiger charge is -2.24. The van der Waals surface area contributed by atoms with Crippen molar-refractivity contribution in [2.75, 3.05) is 32.1 Å².